The fourth-order valence-corrected chi connectivity index (χ4v) is 3.33. The maximum absolute atomic E-state index is 13.6. The molecule has 0 aliphatic carbocycles. The second-order valence-electron chi connectivity index (χ2n) is 5.52. The Morgan fingerprint density at radius 1 is 0.963 bits per heavy atom. The molecular weight excluding hydrogens is 393 g/mol. The van der Waals surface area contributed by atoms with Crippen LogP contribution in [0.15, 0.2) is 53.7 Å². The zero-order chi connectivity index (χ0) is 20.0. The van der Waals surface area contributed by atoms with Crippen molar-refractivity contribution in [2.45, 2.75) is 11.1 Å². The minimum absolute atomic E-state index is 0.282. The summed E-state index contributed by atoms with van der Waals surface area (Å²) >= 11 is 0. The van der Waals surface area contributed by atoms with Crippen molar-refractivity contribution in [2.24, 2.45) is 5.14 Å². The van der Waals surface area contributed by atoms with Crippen LogP contribution in [0.5, 0.6) is 0 Å². The Bertz CT molecular complexity index is 1090. The summed E-state index contributed by atoms with van der Waals surface area (Å²) in [5.74, 6) is -2.07. The summed E-state index contributed by atoms with van der Waals surface area (Å²) in [6, 6.07) is 4.78. The number of benzene rings is 2. The van der Waals surface area contributed by atoms with E-state index in [0.717, 1.165) is 30.6 Å². The summed E-state index contributed by atoms with van der Waals surface area (Å²) in [4.78, 5) is -0.888. The van der Waals surface area contributed by atoms with Crippen LogP contribution in [0.1, 0.15) is 5.56 Å². The Kier molecular flexibility index (Phi) is 4.52. The zero-order valence-corrected chi connectivity index (χ0v) is 14.0. The molecule has 0 radical (unpaired) electrons. The number of hydrogen-bond donors (Lipinski definition) is 1. The van der Waals surface area contributed by atoms with Gasteiger partial charge in [0.2, 0.25) is 10.0 Å². The molecule has 3 aromatic rings. The molecule has 0 spiro atoms. The summed E-state index contributed by atoms with van der Waals surface area (Å²) in [5.41, 5.74) is -2.84. The highest BCUT2D eigenvalue weighted by atomic mass is 32.2. The molecule has 1 heterocycles. The quantitative estimate of drug-likeness (QED) is 0.680. The molecule has 0 aliphatic rings. The van der Waals surface area contributed by atoms with Gasteiger partial charge in [0, 0.05) is 18.5 Å². The average Bonchev–Trinajstić information content (AvgIpc) is 3.05. The maximum atomic E-state index is 13.6. The molecule has 3 rings (SSSR count). The van der Waals surface area contributed by atoms with Gasteiger partial charge in [-0.1, -0.05) is 0 Å². The fraction of sp³-hybridized carbons (Fsp3) is 0.0625. The van der Waals surface area contributed by atoms with Crippen LogP contribution in [0, 0.1) is 11.6 Å². The normalized spacial score (nSPS) is 12.4. The second-order valence-corrected chi connectivity index (χ2v) is 7.05. The number of halogens is 5. The van der Waals surface area contributed by atoms with E-state index < -0.39 is 44.0 Å². The third-order valence-corrected chi connectivity index (χ3v) is 4.54. The van der Waals surface area contributed by atoms with Gasteiger partial charge < -0.3 is 0 Å². The van der Waals surface area contributed by atoms with E-state index >= 15 is 0 Å². The molecule has 0 aliphatic heterocycles. The maximum Gasteiger partial charge on any atom is 0.418 e. The van der Waals surface area contributed by atoms with Crippen LogP contribution < -0.4 is 5.14 Å². The van der Waals surface area contributed by atoms with Crippen LogP contribution in [0.2, 0.25) is 0 Å². The van der Waals surface area contributed by atoms with Gasteiger partial charge in [-0.05, 0) is 41.5 Å². The Morgan fingerprint density at radius 3 is 2.04 bits per heavy atom. The number of aromatic nitrogens is 2. The van der Waals surface area contributed by atoms with Gasteiger partial charge in [-0.3, -0.25) is 0 Å². The third kappa shape index (κ3) is 3.83. The Labute approximate surface area is 149 Å². The molecular formula is C16H10F5N3O2S. The van der Waals surface area contributed by atoms with Crippen LogP contribution in [0.4, 0.5) is 22.0 Å². The summed E-state index contributed by atoms with van der Waals surface area (Å²) in [6.07, 6.45) is -2.73. The average molecular weight is 403 g/mol. The highest BCUT2D eigenvalue weighted by molar-refractivity contribution is 7.89. The number of sulfonamides is 1. The van der Waals surface area contributed by atoms with Gasteiger partial charge in [-0.25, -0.2) is 27.0 Å². The third-order valence-electron chi connectivity index (χ3n) is 3.62. The lowest BCUT2D eigenvalue weighted by Crippen LogP contribution is -2.20. The summed E-state index contributed by atoms with van der Waals surface area (Å²) in [6.45, 7) is 0. The Balaban J connectivity index is 2.43. The zero-order valence-electron chi connectivity index (χ0n) is 13.2. The van der Waals surface area contributed by atoms with Gasteiger partial charge >= 0.3 is 6.18 Å². The van der Waals surface area contributed by atoms with E-state index in [1.807, 2.05) is 0 Å². The standard InChI is InChI=1S/C16H10F5N3O2S/c17-11-4-9(5-12(18)8-11)10-6-13(16(19,20)21)15(24-3-1-2-23-24)14(7-10)27(22,25)26/h1-8H,(H2,22,25,26). The van der Waals surface area contributed by atoms with Gasteiger partial charge in [0.1, 0.15) is 16.5 Å². The van der Waals surface area contributed by atoms with Gasteiger partial charge in [0.15, 0.2) is 0 Å². The molecule has 0 fully saturated rings. The first-order chi connectivity index (χ1) is 12.5. The van der Waals surface area contributed by atoms with Crippen molar-refractivity contribution < 1.29 is 30.4 Å². The number of nitrogens with two attached hydrogens (primary N) is 1. The van der Waals surface area contributed by atoms with E-state index in [2.05, 4.69) is 5.10 Å². The summed E-state index contributed by atoms with van der Waals surface area (Å²) in [5, 5.41) is 8.74. The number of alkyl halides is 3. The van der Waals surface area contributed by atoms with Gasteiger partial charge in [0.25, 0.3) is 0 Å². The Morgan fingerprint density at radius 2 is 1.56 bits per heavy atom. The number of hydrogen-bond acceptors (Lipinski definition) is 3. The number of nitrogens with zero attached hydrogens (tertiary/aromatic N) is 2. The molecule has 27 heavy (non-hydrogen) atoms. The molecule has 0 unspecified atom stereocenters. The molecule has 142 valence electrons. The van der Waals surface area contributed by atoms with Gasteiger partial charge in [0.05, 0.1) is 11.3 Å². The van der Waals surface area contributed by atoms with Crippen LogP contribution in [-0.4, -0.2) is 18.2 Å². The van der Waals surface area contributed by atoms with E-state index in [4.69, 9.17) is 5.14 Å². The van der Waals surface area contributed by atoms with E-state index in [1.54, 1.807) is 0 Å². The van der Waals surface area contributed by atoms with Gasteiger partial charge in [-0.2, -0.15) is 18.3 Å². The second kappa shape index (κ2) is 6.43. The first-order valence-corrected chi connectivity index (χ1v) is 8.76. The molecule has 11 heteroatoms. The molecule has 0 saturated heterocycles. The molecule has 2 aromatic carbocycles. The monoisotopic (exact) mass is 403 g/mol. The molecule has 0 saturated carbocycles. The number of rotatable bonds is 3. The van der Waals surface area contributed by atoms with E-state index in [1.165, 1.54) is 6.07 Å². The van der Waals surface area contributed by atoms with Crippen molar-refractivity contribution in [1.82, 2.24) is 9.78 Å². The van der Waals surface area contributed by atoms with Gasteiger partial charge in [-0.15, -0.1) is 0 Å². The summed E-state index contributed by atoms with van der Waals surface area (Å²) in [7, 11) is -4.64. The highest BCUT2D eigenvalue weighted by Gasteiger charge is 2.38. The molecule has 2 N–H and O–H groups in total. The lowest BCUT2D eigenvalue weighted by Gasteiger charge is -2.18. The predicted octanol–water partition coefficient (Wildman–Crippen LogP) is 3.48. The molecule has 5 nitrogen and oxygen atoms in total. The molecule has 0 bridgehead atoms. The van der Waals surface area contributed by atoms with Crippen LogP contribution in [0.3, 0.4) is 0 Å². The first-order valence-electron chi connectivity index (χ1n) is 7.21. The topological polar surface area (TPSA) is 78.0 Å². The number of primary sulfonamides is 1. The van der Waals surface area contributed by atoms with E-state index in [-0.39, 0.29) is 11.1 Å². The minimum atomic E-state index is -5.00. The van der Waals surface area contributed by atoms with Crippen molar-refractivity contribution in [2.75, 3.05) is 0 Å². The SMILES string of the molecule is NS(=O)(=O)c1cc(-c2cc(F)cc(F)c2)cc(C(F)(F)F)c1-n1cccn1. The lowest BCUT2D eigenvalue weighted by atomic mass is 10.0. The first kappa shape index (κ1) is 19.0. The molecule has 0 atom stereocenters. The van der Waals surface area contributed by atoms with Crippen molar-refractivity contribution >= 4 is 10.0 Å². The van der Waals surface area contributed by atoms with E-state index in [9.17, 15) is 30.4 Å². The summed E-state index contributed by atoms with van der Waals surface area (Å²) < 4.78 is 92.5. The lowest BCUT2D eigenvalue weighted by molar-refractivity contribution is -0.137. The van der Waals surface area contributed by atoms with Crippen molar-refractivity contribution in [3.8, 4) is 16.8 Å². The van der Waals surface area contributed by atoms with Crippen LogP contribution in [0.25, 0.3) is 16.8 Å². The Hall–Kier alpha value is -2.79. The largest absolute Gasteiger partial charge is 0.418 e. The predicted molar refractivity (Wildman–Crippen MR) is 85.3 cm³/mol. The molecule has 0 amide bonds. The smallest absolute Gasteiger partial charge is 0.239 e. The van der Waals surface area contributed by atoms with Crippen LogP contribution in [-0.2, 0) is 16.2 Å². The van der Waals surface area contributed by atoms with Crippen molar-refractivity contribution in [3.63, 3.8) is 0 Å². The fourth-order valence-electron chi connectivity index (χ4n) is 2.57. The van der Waals surface area contributed by atoms with E-state index in [0.29, 0.717) is 16.8 Å². The minimum Gasteiger partial charge on any atom is -0.239 e. The van der Waals surface area contributed by atoms with Crippen LogP contribution >= 0.6 is 0 Å². The molecule has 1 aromatic heterocycles. The van der Waals surface area contributed by atoms with Crippen molar-refractivity contribution in [1.29, 1.82) is 0 Å². The highest BCUT2D eigenvalue weighted by Crippen LogP contribution is 2.40. The van der Waals surface area contributed by atoms with Crippen molar-refractivity contribution in [3.05, 3.63) is 66.0 Å².